The van der Waals surface area contributed by atoms with Crippen LogP contribution in [0.15, 0.2) is 37.4 Å². The fourth-order valence-corrected chi connectivity index (χ4v) is 1.87. The monoisotopic (exact) mass is 322 g/mol. The van der Waals surface area contributed by atoms with Gasteiger partial charge in [-0.25, -0.2) is 4.79 Å². The summed E-state index contributed by atoms with van der Waals surface area (Å²) in [6.07, 6.45) is 2.23. The second-order valence-corrected chi connectivity index (χ2v) is 4.27. The van der Waals surface area contributed by atoms with Gasteiger partial charge in [0.2, 0.25) is 0 Å². The smallest absolute Gasteiger partial charge is 0.407 e. The van der Waals surface area contributed by atoms with Crippen LogP contribution < -0.4 is 14.8 Å². The highest BCUT2D eigenvalue weighted by atomic mass is 16.6. The van der Waals surface area contributed by atoms with Crippen LogP contribution in [0.2, 0.25) is 0 Å². The summed E-state index contributed by atoms with van der Waals surface area (Å²) in [5.41, 5.74) is 0.186. The first kappa shape index (κ1) is 18.0. The fourth-order valence-electron chi connectivity index (χ4n) is 1.87. The average molecular weight is 322 g/mol. The van der Waals surface area contributed by atoms with Gasteiger partial charge >= 0.3 is 6.09 Å². The van der Waals surface area contributed by atoms with Crippen LogP contribution in [0.25, 0.3) is 0 Å². The van der Waals surface area contributed by atoms with Crippen molar-refractivity contribution in [3.05, 3.63) is 53.1 Å². The quantitative estimate of drug-likeness (QED) is 0.449. The number of amides is 1. The molecule has 0 spiro atoms. The molecule has 0 bridgehead atoms. The average Bonchev–Trinajstić information content (AvgIpc) is 2.56. The van der Waals surface area contributed by atoms with Crippen LogP contribution in [-0.2, 0) is 4.74 Å². The SMILES string of the molecule is C=CCOc1cc([N+](=O)[O-])cc(OC)c1C(C=C)NC(=O)OC. The first-order chi connectivity index (χ1) is 11.0. The molecule has 1 atom stereocenters. The molecular weight excluding hydrogens is 304 g/mol. The van der Waals surface area contributed by atoms with Gasteiger partial charge in [-0.15, -0.1) is 6.58 Å². The lowest BCUT2D eigenvalue weighted by Crippen LogP contribution is -2.27. The Bertz CT molecular complexity index is 614. The van der Waals surface area contributed by atoms with E-state index in [4.69, 9.17) is 9.47 Å². The maximum absolute atomic E-state index is 11.5. The molecule has 1 aromatic carbocycles. The topological polar surface area (TPSA) is 99.9 Å². The highest BCUT2D eigenvalue weighted by Crippen LogP contribution is 2.38. The number of benzene rings is 1. The molecule has 8 nitrogen and oxygen atoms in total. The maximum Gasteiger partial charge on any atom is 0.407 e. The van der Waals surface area contributed by atoms with Gasteiger partial charge in [0.15, 0.2) is 0 Å². The van der Waals surface area contributed by atoms with Crippen molar-refractivity contribution in [2.45, 2.75) is 6.04 Å². The van der Waals surface area contributed by atoms with Crippen LogP contribution in [0.1, 0.15) is 11.6 Å². The molecule has 0 saturated carbocycles. The molecule has 0 saturated heterocycles. The number of hydrogen-bond donors (Lipinski definition) is 1. The van der Waals surface area contributed by atoms with E-state index < -0.39 is 17.1 Å². The van der Waals surface area contributed by atoms with Crippen LogP contribution in [0, 0.1) is 10.1 Å². The number of rotatable bonds is 8. The Morgan fingerprint density at radius 1 is 1.39 bits per heavy atom. The molecule has 0 aliphatic heterocycles. The summed E-state index contributed by atoms with van der Waals surface area (Å²) in [5.74, 6) is 0.358. The standard InChI is InChI=1S/C15H18N2O6/c1-5-7-23-13-9-10(17(19)20)8-12(21-3)14(13)11(6-2)16-15(18)22-4/h5-6,8-9,11H,1-2,7H2,3-4H3,(H,16,18). The first-order valence-electron chi connectivity index (χ1n) is 6.55. The summed E-state index contributed by atoms with van der Waals surface area (Å²) in [5, 5.41) is 13.6. The second-order valence-electron chi connectivity index (χ2n) is 4.27. The van der Waals surface area contributed by atoms with Crippen molar-refractivity contribution >= 4 is 11.8 Å². The lowest BCUT2D eigenvalue weighted by atomic mass is 10.0. The van der Waals surface area contributed by atoms with Crippen molar-refractivity contribution in [3.63, 3.8) is 0 Å². The largest absolute Gasteiger partial charge is 0.496 e. The maximum atomic E-state index is 11.5. The van der Waals surface area contributed by atoms with Gasteiger partial charge in [-0.1, -0.05) is 18.7 Å². The molecule has 1 aromatic rings. The van der Waals surface area contributed by atoms with E-state index in [0.717, 1.165) is 0 Å². The van der Waals surface area contributed by atoms with Crippen molar-refractivity contribution in [2.24, 2.45) is 0 Å². The summed E-state index contributed by atoms with van der Waals surface area (Å²) in [6, 6.07) is 1.76. The minimum absolute atomic E-state index is 0.124. The third-order valence-electron chi connectivity index (χ3n) is 2.88. The van der Waals surface area contributed by atoms with Gasteiger partial charge in [0, 0.05) is 0 Å². The zero-order valence-electron chi connectivity index (χ0n) is 12.9. The molecule has 0 aromatic heterocycles. The van der Waals surface area contributed by atoms with Crippen LogP contribution in [0.3, 0.4) is 0 Å². The molecular formula is C15H18N2O6. The zero-order valence-corrected chi connectivity index (χ0v) is 12.9. The van der Waals surface area contributed by atoms with Gasteiger partial charge in [-0.2, -0.15) is 0 Å². The van der Waals surface area contributed by atoms with E-state index in [0.29, 0.717) is 5.56 Å². The van der Waals surface area contributed by atoms with E-state index in [1.807, 2.05) is 0 Å². The van der Waals surface area contributed by atoms with E-state index >= 15 is 0 Å². The molecule has 124 valence electrons. The van der Waals surface area contributed by atoms with Gasteiger partial charge < -0.3 is 19.5 Å². The molecule has 23 heavy (non-hydrogen) atoms. The number of methoxy groups -OCH3 is 2. The normalized spacial score (nSPS) is 11.0. The molecule has 0 fully saturated rings. The number of alkyl carbamates (subject to hydrolysis) is 1. The predicted molar refractivity (Wildman–Crippen MR) is 83.8 cm³/mol. The number of non-ortho nitro benzene ring substituents is 1. The van der Waals surface area contributed by atoms with E-state index in [2.05, 4.69) is 23.2 Å². The highest BCUT2D eigenvalue weighted by Gasteiger charge is 2.25. The van der Waals surface area contributed by atoms with Crippen molar-refractivity contribution in [3.8, 4) is 11.5 Å². The van der Waals surface area contributed by atoms with Gasteiger partial charge in [-0.3, -0.25) is 10.1 Å². The van der Waals surface area contributed by atoms with E-state index in [9.17, 15) is 14.9 Å². The summed E-state index contributed by atoms with van der Waals surface area (Å²) in [4.78, 5) is 21.9. The van der Waals surface area contributed by atoms with Gasteiger partial charge in [-0.05, 0) is 0 Å². The number of nitrogens with one attached hydrogen (secondary N) is 1. The highest BCUT2D eigenvalue weighted by molar-refractivity contribution is 5.69. The molecule has 1 N–H and O–H groups in total. The number of nitrogens with zero attached hydrogens (tertiary/aromatic N) is 1. The van der Waals surface area contributed by atoms with Crippen molar-refractivity contribution < 1.29 is 23.9 Å². The summed E-state index contributed by atoms with van der Waals surface area (Å²) in [6.45, 7) is 7.30. The number of nitro groups is 1. The second kappa shape index (κ2) is 8.42. The Morgan fingerprint density at radius 3 is 2.52 bits per heavy atom. The fraction of sp³-hybridized carbons (Fsp3) is 0.267. The number of nitro benzene ring substituents is 1. The van der Waals surface area contributed by atoms with Crippen LogP contribution in [0.4, 0.5) is 10.5 Å². The Labute approximate surface area is 133 Å². The number of ether oxygens (including phenoxy) is 3. The molecule has 0 aliphatic rings. The van der Waals surface area contributed by atoms with Crippen molar-refractivity contribution in [1.29, 1.82) is 0 Å². The minimum Gasteiger partial charge on any atom is -0.496 e. The lowest BCUT2D eigenvalue weighted by Gasteiger charge is -2.20. The Morgan fingerprint density at radius 2 is 2.04 bits per heavy atom. The first-order valence-corrected chi connectivity index (χ1v) is 6.55. The molecule has 0 radical (unpaired) electrons. The Balaban J connectivity index is 3.44. The summed E-state index contributed by atoms with van der Waals surface area (Å²) in [7, 11) is 2.58. The van der Waals surface area contributed by atoms with E-state index in [1.54, 1.807) is 0 Å². The Hall–Kier alpha value is -3.03. The number of hydrogen-bond acceptors (Lipinski definition) is 6. The third kappa shape index (κ3) is 4.47. The van der Waals surface area contributed by atoms with E-state index in [1.165, 1.54) is 38.5 Å². The van der Waals surface area contributed by atoms with Gasteiger partial charge in [0.05, 0.1) is 42.9 Å². The van der Waals surface area contributed by atoms with Crippen LogP contribution >= 0.6 is 0 Å². The van der Waals surface area contributed by atoms with E-state index in [-0.39, 0.29) is 23.8 Å². The van der Waals surface area contributed by atoms with Crippen molar-refractivity contribution in [1.82, 2.24) is 5.32 Å². The van der Waals surface area contributed by atoms with Gasteiger partial charge in [0.1, 0.15) is 18.1 Å². The molecule has 8 heteroatoms. The third-order valence-corrected chi connectivity index (χ3v) is 2.88. The summed E-state index contributed by atoms with van der Waals surface area (Å²) < 4.78 is 15.2. The number of carbonyl (C=O) groups is 1. The Kier molecular flexibility index (Phi) is 6.60. The molecule has 0 heterocycles. The summed E-state index contributed by atoms with van der Waals surface area (Å²) >= 11 is 0. The van der Waals surface area contributed by atoms with Crippen LogP contribution in [-0.4, -0.2) is 31.8 Å². The molecule has 1 unspecified atom stereocenters. The van der Waals surface area contributed by atoms with Crippen LogP contribution in [0.5, 0.6) is 11.5 Å². The predicted octanol–water partition coefficient (Wildman–Crippen LogP) is 2.75. The number of carbonyl (C=O) groups excluding carboxylic acids is 1. The lowest BCUT2D eigenvalue weighted by molar-refractivity contribution is -0.385. The van der Waals surface area contributed by atoms with Gasteiger partial charge in [0.25, 0.3) is 5.69 Å². The molecule has 0 aliphatic carbocycles. The minimum atomic E-state index is -0.724. The zero-order chi connectivity index (χ0) is 17.4. The molecule has 1 amide bonds. The van der Waals surface area contributed by atoms with Crippen molar-refractivity contribution in [2.75, 3.05) is 20.8 Å². The molecule has 1 rings (SSSR count).